The zero-order valence-electron chi connectivity index (χ0n) is 8.20. The highest BCUT2D eigenvalue weighted by Gasteiger charge is 2.15. The molecular formula is C6H16N6O2. The maximum absolute atomic E-state index is 11.0. The molecule has 0 aromatic rings. The summed E-state index contributed by atoms with van der Waals surface area (Å²) in [5.41, 5.74) is 12.7. The van der Waals surface area contributed by atoms with E-state index in [1.807, 2.05) is 6.92 Å². The average molecular weight is 204 g/mol. The van der Waals surface area contributed by atoms with Crippen LogP contribution in [-0.2, 0) is 9.53 Å². The van der Waals surface area contributed by atoms with E-state index < -0.39 is 6.04 Å². The van der Waals surface area contributed by atoms with Gasteiger partial charge in [-0.05, 0) is 6.42 Å². The van der Waals surface area contributed by atoms with Crippen LogP contribution in [0.4, 0.5) is 0 Å². The lowest BCUT2D eigenvalue weighted by Gasteiger charge is -2.15. The third-order valence-electron chi connectivity index (χ3n) is 1.47. The Labute approximate surface area is 82.0 Å². The fourth-order valence-electron chi connectivity index (χ4n) is 0.689. The van der Waals surface area contributed by atoms with Crippen molar-refractivity contribution in [2.24, 2.45) is 16.7 Å². The van der Waals surface area contributed by atoms with Crippen LogP contribution in [-0.4, -0.2) is 25.1 Å². The molecule has 0 aliphatic carbocycles. The molecule has 82 valence electrons. The Morgan fingerprint density at radius 3 is 2.71 bits per heavy atom. The molecule has 7 N–H and O–H groups in total. The van der Waals surface area contributed by atoms with Crippen molar-refractivity contribution in [2.75, 3.05) is 7.11 Å². The first-order valence-electron chi connectivity index (χ1n) is 4.03. The van der Waals surface area contributed by atoms with E-state index in [0.717, 1.165) is 0 Å². The largest absolute Gasteiger partial charge is 0.468 e. The fraction of sp³-hybridized carbons (Fsp3) is 0.667. The molecule has 0 heterocycles. The smallest absolute Gasteiger partial charge is 0.324 e. The van der Waals surface area contributed by atoms with Crippen molar-refractivity contribution in [3.8, 4) is 0 Å². The van der Waals surface area contributed by atoms with Crippen molar-refractivity contribution in [1.82, 2.24) is 16.4 Å². The Kier molecular flexibility index (Phi) is 6.16. The minimum Gasteiger partial charge on any atom is -0.468 e. The Morgan fingerprint density at radius 2 is 2.29 bits per heavy atom. The van der Waals surface area contributed by atoms with E-state index in [4.69, 9.17) is 11.6 Å². The molecule has 0 saturated carbocycles. The molecule has 0 aliphatic rings. The molecule has 0 spiro atoms. The first kappa shape index (κ1) is 12.5. The summed E-state index contributed by atoms with van der Waals surface area (Å²) in [5.74, 6) is 4.48. The van der Waals surface area contributed by atoms with Crippen LogP contribution < -0.4 is 28.0 Å². The monoisotopic (exact) mass is 204 g/mol. The van der Waals surface area contributed by atoms with Gasteiger partial charge in [0.25, 0.3) is 0 Å². The molecule has 1 atom stereocenters. The van der Waals surface area contributed by atoms with Gasteiger partial charge in [-0.1, -0.05) is 6.92 Å². The number of nitrogens with zero attached hydrogens (tertiary/aromatic N) is 1. The van der Waals surface area contributed by atoms with E-state index in [9.17, 15) is 4.79 Å². The van der Waals surface area contributed by atoms with Gasteiger partial charge in [-0.2, -0.15) is 5.53 Å². The van der Waals surface area contributed by atoms with Gasteiger partial charge in [0.2, 0.25) is 5.96 Å². The second kappa shape index (κ2) is 6.92. The zero-order chi connectivity index (χ0) is 11.0. The highest BCUT2D eigenvalue weighted by atomic mass is 16.5. The summed E-state index contributed by atoms with van der Waals surface area (Å²) < 4.78 is 4.53. The Hall–Kier alpha value is -1.54. The van der Waals surface area contributed by atoms with E-state index in [2.05, 4.69) is 26.2 Å². The lowest BCUT2D eigenvalue weighted by atomic mass is 10.2. The summed E-state index contributed by atoms with van der Waals surface area (Å²) in [7, 11) is 1.32. The van der Waals surface area contributed by atoms with Gasteiger partial charge >= 0.3 is 5.97 Å². The average Bonchev–Trinajstić information content (AvgIpc) is 2.22. The third-order valence-corrected chi connectivity index (χ3v) is 1.47. The van der Waals surface area contributed by atoms with Crippen LogP contribution in [0, 0.1) is 0 Å². The maximum atomic E-state index is 11.0. The normalized spacial score (nSPS) is 13.4. The van der Waals surface area contributed by atoms with Crippen LogP contribution >= 0.6 is 0 Å². The SMILES string of the molecule is CC[C@@H](NNN/C(N)=N/N)C(=O)OC. The van der Waals surface area contributed by atoms with Crippen LogP contribution in [0.2, 0.25) is 0 Å². The standard InChI is InChI=1S/C6H16N6O2/c1-3-4(5(13)14-2)10-12-11-6(7)9-8/h4,10,12H,3,8H2,1-2H3,(H3,7,9,11)/t4-/m1/s1. The number of carbonyl (C=O) groups is 1. The van der Waals surface area contributed by atoms with Crippen molar-refractivity contribution in [1.29, 1.82) is 0 Å². The van der Waals surface area contributed by atoms with Crippen LogP contribution in [0.3, 0.4) is 0 Å². The molecule has 8 heteroatoms. The topological polar surface area (TPSA) is 127 Å². The first-order chi connectivity index (χ1) is 6.65. The number of nitrogens with two attached hydrogens (primary N) is 2. The number of ether oxygens (including phenoxy) is 1. The summed E-state index contributed by atoms with van der Waals surface area (Å²) in [5, 5.41) is 3.14. The van der Waals surface area contributed by atoms with E-state index in [0.29, 0.717) is 6.42 Å². The molecule has 0 amide bonds. The number of methoxy groups -OCH3 is 1. The molecule has 8 nitrogen and oxygen atoms in total. The molecular weight excluding hydrogens is 188 g/mol. The Morgan fingerprint density at radius 1 is 1.64 bits per heavy atom. The van der Waals surface area contributed by atoms with Gasteiger partial charge in [-0.3, -0.25) is 10.2 Å². The van der Waals surface area contributed by atoms with Gasteiger partial charge < -0.3 is 16.3 Å². The highest BCUT2D eigenvalue weighted by molar-refractivity contribution is 5.77. The van der Waals surface area contributed by atoms with Crippen molar-refractivity contribution >= 4 is 11.9 Å². The fourth-order valence-corrected chi connectivity index (χ4v) is 0.689. The summed E-state index contributed by atoms with van der Waals surface area (Å²) in [4.78, 5) is 11.0. The number of nitrogens with one attached hydrogen (secondary N) is 3. The van der Waals surface area contributed by atoms with Gasteiger partial charge in [0.05, 0.1) is 7.11 Å². The van der Waals surface area contributed by atoms with Crippen molar-refractivity contribution in [2.45, 2.75) is 19.4 Å². The Balaban J connectivity index is 3.79. The van der Waals surface area contributed by atoms with Crippen LogP contribution in [0.25, 0.3) is 0 Å². The van der Waals surface area contributed by atoms with Crippen molar-refractivity contribution in [3.63, 3.8) is 0 Å². The summed E-state index contributed by atoms with van der Waals surface area (Å²) in [6, 6.07) is -0.460. The van der Waals surface area contributed by atoms with Crippen LogP contribution in [0.5, 0.6) is 0 Å². The molecule has 0 rings (SSSR count). The number of guanidine groups is 1. The van der Waals surface area contributed by atoms with E-state index >= 15 is 0 Å². The minimum absolute atomic E-state index is 0.00258. The minimum atomic E-state index is -0.460. The lowest BCUT2D eigenvalue weighted by Crippen LogP contribution is -2.55. The molecule has 0 radical (unpaired) electrons. The van der Waals surface area contributed by atoms with Gasteiger partial charge in [-0.25, -0.2) is 5.43 Å². The number of rotatable bonds is 5. The van der Waals surface area contributed by atoms with Gasteiger partial charge in [0.1, 0.15) is 6.04 Å². The molecule has 14 heavy (non-hydrogen) atoms. The van der Waals surface area contributed by atoms with E-state index in [-0.39, 0.29) is 11.9 Å². The van der Waals surface area contributed by atoms with Gasteiger partial charge in [0.15, 0.2) is 0 Å². The van der Waals surface area contributed by atoms with Crippen molar-refractivity contribution in [3.05, 3.63) is 0 Å². The van der Waals surface area contributed by atoms with Crippen LogP contribution in [0.1, 0.15) is 13.3 Å². The zero-order valence-corrected chi connectivity index (χ0v) is 8.20. The number of esters is 1. The summed E-state index contributed by atoms with van der Waals surface area (Å²) in [6.07, 6.45) is 0.570. The van der Waals surface area contributed by atoms with Crippen molar-refractivity contribution < 1.29 is 9.53 Å². The molecule has 0 aromatic carbocycles. The predicted octanol–water partition coefficient (Wildman–Crippen LogP) is -2.27. The molecule has 0 unspecified atom stereocenters. The van der Waals surface area contributed by atoms with E-state index in [1.54, 1.807) is 0 Å². The summed E-state index contributed by atoms with van der Waals surface area (Å²) in [6.45, 7) is 1.83. The number of hydrogen-bond acceptors (Lipinski definition) is 6. The van der Waals surface area contributed by atoms with Gasteiger partial charge in [0, 0.05) is 0 Å². The molecule has 0 fully saturated rings. The van der Waals surface area contributed by atoms with Crippen LogP contribution in [0.15, 0.2) is 5.10 Å². The number of hydrazine groups is 2. The predicted molar refractivity (Wildman–Crippen MR) is 51.3 cm³/mol. The van der Waals surface area contributed by atoms with E-state index in [1.165, 1.54) is 7.11 Å². The summed E-state index contributed by atoms with van der Waals surface area (Å²) >= 11 is 0. The first-order valence-corrected chi connectivity index (χ1v) is 4.03. The number of carbonyl (C=O) groups excluding carboxylic acids is 1. The molecule has 0 aromatic heterocycles. The van der Waals surface area contributed by atoms with Gasteiger partial charge in [-0.15, -0.1) is 5.10 Å². The highest BCUT2D eigenvalue weighted by Crippen LogP contribution is 1.90. The maximum Gasteiger partial charge on any atom is 0.324 e. The quantitative estimate of drug-likeness (QED) is 0.112. The second-order valence-corrected chi connectivity index (χ2v) is 2.39. The number of hydrogen-bond donors (Lipinski definition) is 5. The lowest BCUT2D eigenvalue weighted by molar-refractivity contribution is -0.143. The molecule has 0 saturated heterocycles. The third kappa shape index (κ3) is 4.48. The number of hydrazone groups is 1. The second-order valence-electron chi connectivity index (χ2n) is 2.39. The molecule has 0 bridgehead atoms. The molecule has 0 aliphatic heterocycles. The Bertz CT molecular complexity index is 206.